The number of likely N-dealkylation sites (tertiary alicyclic amines) is 1. The number of nitrogens with zero attached hydrogens (tertiary/aromatic N) is 2. The van der Waals surface area contributed by atoms with E-state index >= 15 is 0 Å². The van der Waals surface area contributed by atoms with E-state index in [1.807, 2.05) is 12.3 Å². The quantitative estimate of drug-likeness (QED) is 0.861. The number of aryl methyl sites for hydroxylation is 1. The molecule has 0 bridgehead atoms. The summed E-state index contributed by atoms with van der Waals surface area (Å²) >= 11 is 1.39. The van der Waals surface area contributed by atoms with Crippen molar-refractivity contribution in [3.8, 4) is 0 Å². The second kappa shape index (κ2) is 7.09. The van der Waals surface area contributed by atoms with E-state index in [0.29, 0.717) is 36.6 Å². The van der Waals surface area contributed by atoms with Gasteiger partial charge in [-0.3, -0.25) is 10.1 Å². The van der Waals surface area contributed by atoms with E-state index in [2.05, 4.69) is 10.3 Å². The molecule has 5 nitrogen and oxygen atoms in total. The highest BCUT2D eigenvalue weighted by Crippen LogP contribution is 2.23. The molecule has 24 heavy (non-hydrogen) atoms. The second-order valence-electron chi connectivity index (χ2n) is 5.86. The Labute approximate surface area is 143 Å². The molecule has 2 aromatic rings. The molecule has 7 heteroatoms. The van der Waals surface area contributed by atoms with Crippen LogP contribution in [0.4, 0.5) is 14.3 Å². The van der Waals surface area contributed by atoms with Crippen LogP contribution in [0, 0.1) is 18.7 Å². The molecule has 0 aliphatic carbocycles. The molecule has 0 saturated carbocycles. The van der Waals surface area contributed by atoms with Crippen LogP contribution in [0.5, 0.6) is 0 Å². The molecule has 126 valence electrons. The number of nitrogens with one attached hydrogen (secondary N) is 1. The van der Waals surface area contributed by atoms with Crippen LogP contribution >= 0.6 is 11.3 Å². The normalized spacial score (nSPS) is 15.3. The Kier molecular flexibility index (Phi) is 4.89. The van der Waals surface area contributed by atoms with Crippen molar-refractivity contribution < 1.29 is 14.0 Å². The van der Waals surface area contributed by atoms with Crippen molar-refractivity contribution in [3.63, 3.8) is 0 Å². The van der Waals surface area contributed by atoms with Gasteiger partial charge in [0.05, 0.1) is 5.69 Å². The lowest BCUT2D eigenvalue weighted by Gasteiger charge is -2.31. The Morgan fingerprint density at radius 1 is 1.25 bits per heavy atom. The molecule has 1 N–H and O–H groups in total. The van der Waals surface area contributed by atoms with Gasteiger partial charge in [-0.15, -0.1) is 11.3 Å². The van der Waals surface area contributed by atoms with Crippen molar-refractivity contribution in [1.82, 2.24) is 9.88 Å². The minimum Gasteiger partial charge on any atom is -0.324 e. The summed E-state index contributed by atoms with van der Waals surface area (Å²) in [6.45, 7) is 2.92. The predicted molar refractivity (Wildman–Crippen MR) is 90.9 cm³/mol. The number of rotatable bonds is 3. The average Bonchev–Trinajstić information content (AvgIpc) is 3.00. The first-order chi connectivity index (χ1) is 11.5. The van der Waals surface area contributed by atoms with Gasteiger partial charge in [0, 0.05) is 30.0 Å². The van der Waals surface area contributed by atoms with Crippen LogP contribution in [0.3, 0.4) is 0 Å². The predicted octanol–water partition coefficient (Wildman–Crippen LogP) is 3.72. The smallest absolute Gasteiger partial charge is 0.323 e. The van der Waals surface area contributed by atoms with Crippen molar-refractivity contribution in [2.75, 3.05) is 18.4 Å². The summed E-state index contributed by atoms with van der Waals surface area (Å²) < 4.78 is 12.9. The van der Waals surface area contributed by atoms with Crippen molar-refractivity contribution >= 4 is 28.3 Å². The number of halogens is 1. The van der Waals surface area contributed by atoms with Crippen LogP contribution in [0.25, 0.3) is 0 Å². The standard InChI is InChI=1S/C17H18FN3O2S/c1-11-10-24-16(19-11)20-17(23)21-8-6-13(7-9-21)15(22)12-2-4-14(18)5-3-12/h2-5,10,13H,6-9H2,1H3,(H,19,20,23). The average molecular weight is 347 g/mol. The van der Waals surface area contributed by atoms with E-state index in [4.69, 9.17) is 0 Å². The molecule has 0 atom stereocenters. The lowest BCUT2D eigenvalue weighted by Crippen LogP contribution is -2.42. The van der Waals surface area contributed by atoms with Gasteiger partial charge in [-0.2, -0.15) is 0 Å². The topological polar surface area (TPSA) is 62.3 Å². The van der Waals surface area contributed by atoms with Gasteiger partial charge in [0.1, 0.15) is 5.82 Å². The van der Waals surface area contributed by atoms with Gasteiger partial charge in [0.25, 0.3) is 0 Å². The van der Waals surface area contributed by atoms with Crippen LogP contribution < -0.4 is 5.32 Å². The summed E-state index contributed by atoms with van der Waals surface area (Å²) in [5.74, 6) is -0.456. The van der Waals surface area contributed by atoms with Crippen LogP contribution in [0.1, 0.15) is 28.9 Å². The minimum atomic E-state index is -0.351. The molecule has 3 rings (SSSR count). The van der Waals surface area contributed by atoms with Crippen LogP contribution in [-0.2, 0) is 0 Å². The maximum atomic E-state index is 12.9. The third-order valence-corrected chi connectivity index (χ3v) is 4.99. The number of aromatic nitrogens is 1. The highest BCUT2D eigenvalue weighted by molar-refractivity contribution is 7.13. The van der Waals surface area contributed by atoms with E-state index < -0.39 is 0 Å². The summed E-state index contributed by atoms with van der Waals surface area (Å²) in [5, 5.41) is 5.25. The Morgan fingerprint density at radius 2 is 1.92 bits per heavy atom. The lowest BCUT2D eigenvalue weighted by atomic mass is 9.89. The zero-order valence-electron chi connectivity index (χ0n) is 13.3. The van der Waals surface area contributed by atoms with Crippen molar-refractivity contribution in [2.45, 2.75) is 19.8 Å². The summed E-state index contributed by atoms with van der Waals surface area (Å²) in [7, 11) is 0. The number of urea groups is 1. The van der Waals surface area contributed by atoms with E-state index in [9.17, 15) is 14.0 Å². The van der Waals surface area contributed by atoms with E-state index in [-0.39, 0.29) is 23.5 Å². The molecule has 1 aromatic heterocycles. The van der Waals surface area contributed by atoms with E-state index in [1.54, 1.807) is 4.90 Å². The zero-order chi connectivity index (χ0) is 17.1. The molecule has 0 unspecified atom stereocenters. The first-order valence-corrected chi connectivity index (χ1v) is 8.69. The molecule has 2 heterocycles. The first kappa shape index (κ1) is 16.6. The maximum absolute atomic E-state index is 12.9. The largest absolute Gasteiger partial charge is 0.324 e. The number of amides is 2. The van der Waals surface area contributed by atoms with Gasteiger partial charge in [0.15, 0.2) is 10.9 Å². The fraction of sp³-hybridized carbons (Fsp3) is 0.353. The summed E-state index contributed by atoms with van der Waals surface area (Å²) in [6.07, 6.45) is 1.22. The fourth-order valence-electron chi connectivity index (χ4n) is 2.78. The monoisotopic (exact) mass is 347 g/mol. The third kappa shape index (κ3) is 3.79. The number of carbonyl (C=O) groups excluding carboxylic acids is 2. The zero-order valence-corrected chi connectivity index (χ0v) is 14.1. The van der Waals surface area contributed by atoms with Crippen LogP contribution in [0.15, 0.2) is 29.6 Å². The van der Waals surface area contributed by atoms with Crippen molar-refractivity contribution in [3.05, 3.63) is 46.7 Å². The van der Waals surface area contributed by atoms with Gasteiger partial charge in [0.2, 0.25) is 0 Å². The summed E-state index contributed by atoms with van der Waals surface area (Å²) in [6, 6.07) is 5.44. The second-order valence-corrected chi connectivity index (χ2v) is 6.71. The maximum Gasteiger partial charge on any atom is 0.323 e. The minimum absolute atomic E-state index is 0.0191. The van der Waals surface area contributed by atoms with Crippen molar-refractivity contribution in [1.29, 1.82) is 0 Å². The molecule has 1 fully saturated rings. The number of anilines is 1. The Morgan fingerprint density at radius 3 is 2.50 bits per heavy atom. The van der Waals surface area contributed by atoms with Gasteiger partial charge in [-0.05, 0) is 44.0 Å². The number of hydrogen-bond acceptors (Lipinski definition) is 4. The van der Waals surface area contributed by atoms with Crippen LogP contribution in [0.2, 0.25) is 0 Å². The number of benzene rings is 1. The first-order valence-electron chi connectivity index (χ1n) is 7.81. The Balaban J connectivity index is 1.54. The highest BCUT2D eigenvalue weighted by Gasteiger charge is 2.28. The van der Waals surface area contributed by atoms with Crippen molar-refractivity contribution in [2.24, 2.45) is 5.92 Å². The fourth-order valence-corrected chi connectivity index (χ4v) is 3.45. The van der Waals surface area contributed by atoms with Gasteiger partial charge in [-0.1, -0.05) is 0 Å². The molecule has 1 aliphatic rings. The molecule has 0 spiro atoms. The molecule has 2 amide bonds. The number of ketones is 1. The number of thiazole rings is 1. The van der Waals surface area contributed by atoms with Gasteiger partial charge >= 0.3 is 6.03 Å². The molecule has 1 saturated heterocycles. The van der Waals surface area contributed by atoms with Crippen LogP contribution in [-0.4, -0.2) is 34.8 Å². The summed E-state index contributed by atoms with van der Waals surface area (Å²) in [4.78, 5) is 30.6. The van der Waals surface area contributed by atoms with Gasteiger partial charge < -0.3 is 4.90 Å². The molecule has 1 aliphatic heterocycles. The summed E-state index contributed by atoms with van der Waals surface area (Å²) in [5.41, 5.74) is 1.40. The number of carbonyl (C=O) groups is 2. The van der Waals surface area contributed by atoms with E-state index in [0.717, 1.165) is 5.69 Å². The molecular weight excluding hydrogens is 329 g/mol. The Bertz CT molecular complexity index is 737. The molecule has 0 radical (unpaired) electrons. The molecular formula is C17H18FN3O2S. The number of Topliss-reactive ketones (excluding diaryl/α,β-unsaturated/α-hetero) is 1. The molecule has 1 aromatic carbocycles. The highest BCUT2D eigenvalue weighted by atomic mass is 32.1. The van der Waals surface area contributed by atoms with E-state index in [1.165, 1.54) is 35.6 Å². The SMILES string of the molecule is Cc1csc(NC(=O)N2CCC(C(=O)c3ccc(F)cc3)CC2)n1. The number of piperidine rings is 1. The Hall–Kier alpha value is -2.28. The van der Waals surface area contributed by atoms with Gasteiger partial charge in [-0.25, -0.2) is 14.2 Å². The number of hydrogen-bond donors (Lipinski definition) is 1. The third-order valence-electron chi connectivity index (χ3n) is 4.11. The lowest BCUT2D eigenvalue weighted by molar-refractivity contribution is 0.0859.